The summed E-state index contributed by atoms with van der Waals surface area (Å²) in [6, 6.07) is 14.3. The smallest absolute Gasteiger partial charge is 0.261 e. The first-order valence-electron chi connectivity index (χ1n) is 9.72. The second kappa shape index (κ2) is 6.29. The van der Waals surface area contributed by atoms with Crippen molar-refractivity contribution in [2.24, 2.45) is 16.0 Å². The van der Waals surface area contributed by atoms with Crippen LogP contribution in [-0.4, -0.2) is 28.2 Å². The summed E-state index contributed by atoms with van der Waals surface area (Å²) in [6.07, 6.45) is 0. The second-order valence-electron chi connectivity index (χ2n) is 9.43. The van der Waals surface area contributed by atoms with Gasteiger partial charge in [-0.15, -0.1) is 0 Å². The summed E-state index contributed by atoms with van der Waals surface area (Å²) in [4.78, 5) is 11.5. The molecule has 2 aromatic carbocycles. The largest absolute Gasteiger partial charge is 0.507 e. The summed E-state index contributed by atoms with van der Waals surface area (Å²) < 4.78 is 6.20. The van der Waals surface area contributed by atoms with Crippen molar-refractivity contribution in [2.45, 2.75) is 46.0 Å². The zero-order valence-corrected chi connectivity index (χ0v) is 17.4. The van der Waals surface area contributed by atoms with Crippen molar-refractivity contribution < 1.29 is 24.8 Å². The lowest BCUT2D eigenvalue weighted by Gasteiger charge is -2.61. The fourth-order valence-electron chi connectivity index (χ4n) is 5.04. The number of phenols is 1. The molecule has 154 valence electrons. The van der Waals surface area contributed by atoms with Crippen LogP contribution in [0.25, 0.3) is 0 Å². The van der Waals surface area contributed by atoms with Crippen LogP contribution in [0.15, 0.2) is 53.7 Å². The monoisotopic (exact) mass is 397 g/mol. The molecule has 0 aliphatic carbocycles. The molecule has 29 heavy (non-hydrogen) atoms. The van der Waals surface area contributed by atoms with E-state index in [9.17, 15) is 10.3 Å². The van der Waals surface area contributed by atoms with E-state index in [-0.39, 0.29) is 22.3 Å². The molecule has 6 heteroatoms. The molecule has 0 amide bonds. The van der Waals surface area contributed by atoms with Gasteiger partial charge < -0.3 is 15.1 Å². The maximum atomic E-state index is 10.8. The van der Waals surface area contributed by atoms with Crippen LogP contribution in [-0.2, 0) is 20.3 Å². The first-order valence-corrected chi connectivity index (χ1v) is 9.72. The van der Waals surface area contributed by atoms with Crippen LogP contribution in [0.5, 0.6) is 5.75 Å². The van der Waals surface area contributed by atoms with Crippen LogP contribution in [0.1, 0.15) is 51.3 Å². The third kappa shape index (κ3) is 2.49. The Morgan fingerprint density at radius 3 is 2.24 bits per heavy atom. The molecule has 2 aliphatic rings. The van der Waals surface area contributed by atoms with Gasteiger partial charge >= 0.3 is 0 Å². The van der Waals surface area contributed by atoms with Gasteiger partial charge in [-0.25, -0.2) is 4.89 Å². The Bertz CT molecular complexity index is 963. The van der Waals surface area contributed by atoms with Gasteiger partial charge in [0.05, 0.1) is 6.61 Å². The van der Waals surface area contributed by atoms with Gasteiger partial charge in [-0.05, 0) is 12.1 Å². The molecule has 0 radical (unpaired) electrons. The van der Waals surface area contributed by atoms with E-state index in [1.54, 1.807) is 12.1 Å². The molecule has 0 saturated carbocycles. The third-order valence-electron chi connectivity index (χ3n) is 6.17. The van der Waals surface area contributed by atoms with Crippen LogP contribution >= 0.6 is 0 Å². The highest BCUT2D eigenvalue weighted by molar-refractivity contribution is 6.14. The Hall–Kier alpha value is -2.41. The minimum Gasteiger partial charge on any atom is -0.507 e. The lowest BCUT2D eigenvalue weighted by Crippen LogP contribution is -2.73. The molecule has 2 aliphatic heterocycles. The Labute approximate surface area is 170 Å². The summed E-state index contributed by atoms with van der Waals surface area (Å²) in [6.45, 7) is 11.0. The number of oxime groups is 1. The fraction of sp³-hybridized carbons (Fsp3) is 0.435. The Kier molecular flexibility index (Phi) is 4.31. The zero-order chi connectivity index (χ0) is 21.1. The van der Waals surface area contributed by atoms with Gasteiger partial charge in [0.2, 0.25) is 0 Å². The zero-order valence-electron chi connectivity index (χ0n) is 17.4. The van der Waals surface area contributed by atoms with Crippen molar-refractivity contribution in [2.75, 3.05) is 6.61 Å². The molecular weight excluding hydrogens is 370 g/mol. The van der Waals surface area contributed by atoms with E-state index >= 15 is 0 Å². The standard InChI is InChI=1S/C23H27NO5/c1-20(2,3)23-21(4,5)14-27-22(23,28-29-23)16-11-12-17(18(25)13-16)19(24-26)15-9-7-6-8-10-15/h6-13,25-26H,14H2,1-5H3/b24-19+. The van der Waals surface area contributed by atoms with Gasteiger partial charge in [-0.1, -0.05) is 76.2 Å². The van der Waals surface area contributed by atoms with E-state index in [1.807, 2.05) is 36.4 Å². The van der Waals surface area contributed by atoms with Crippen LogP contribution in [0.2, 0.25) is 0 Å². The number of ether oxygens (including phenoxy) is 1. The first-order chi connectivity index (χ1) is 13.6. The Morgan fingerprint density at radius 2 is 1.72 bits per heavy atom. The van der Waals surface area contributed by atoms with E-state index in [2.05, 4.69) is 39.8 Å². The number of hydrogen-bond donors (Lipinski definition) is 2. The van der Waals surface area contributed by atoms with Crippen molar-refractivity contribution >= 4 is 5.71 Å². The van der Waals surface area contributed by atoms with E-state index in [0.717, 1.165) is 0 Å². The summed E-state index contributed by atoms with van der Waals surface area (Å²) >= 11 is 0. The molecule has 2 unspecified atom stereocenters. The van der Waals surface area contributed by atoms with Crippen molar-refractivity contribution in [3.8, 4) is 5.75 Å². The van der Waals surface area contributed by atoms with Crippen LogP contribution < -0.4 is 0 Å². The molecule has 0 aromatic heterocycles. The first kappa shape index (κ1) is 19.9. The van der Waals surface area contributed by atoms with E-state index in [1.165, 1.54) is 0 Å². The number of hydrogen-bond acceptors (Lipinski definition) is 6. The number of fused-ring (bicyclic) bond motifs is 1. The summed E-state index contributed by atoms with van der Waals surface area (Å²) in [5.74, 6) is -1.14. The van der Waals surface area contributed by atoms with Gasteiger partial charge in [-0.3, -0.25) is 0 Å². The quantitative estimate of drug-likeness (QED) is 0.343. The molecule has 2 N–H and O–H groups in total. The van der Waals surface area contributed by atoms with Gasteiger partial charge in [0.25, 0.3) is 5.79 Å². The SMILES string of the molecule is CC(C)(C)C12OOC1(c1ccc(/C(=N/O)c3ccccc3)c(O)c1)OCC2(C)C. The maximum Gasteiger partial charge on any atom is 0.261 e. The number of nitrogens with zero attached hydrogens (tertiary/aromatic N) is 1. The molecule has 2 atom stereocenters. The minimum absolute atomic E-state index is 0.0276. The van der Waals surface area contributed by atoms with Crippen molar-refractivity contribution in [1.29, 1.82) is 0 Å². The van der Waals surface area contributed by atoms with Gasteiger partial charge in [-0.2, -0.15) is 4.89 Å². The van der Waals surface area contributed by atoms with E-state index < -0.39 is 11.4 Å². The predicted molar refractivity (Wildman–Crippen MR) is 108 cm³/mol. The third-order valence-corrected chi connectivity index (χ3v) is 6.17. The van der Waals surface area contributed by atoms with Crippen LogP contribution in [0, 0.1) is 10.8 Å². The molecule has 2 aromatic rings. The van der Waals surface area contributed by atoms with Gasteiger partial charge in [0.15, 0.2) is 5.60 Å². The maximum absolute atomic E-state index is 10.8. The molecular formula is C23H27NO5. The molecule has 2 fully saturated rings. The highest BCUT2D eigenvalue weighted by Gasteiger charge is 2.81. The van der Waals surface area contributed by atoms with E-state index in [4.69, 9.17) is 14.5 Å². The summed E-state index contributed by atoms with van der Waals surface area (Å²) in [7, 11) is 0. The fourth-order valence-corrected chi connectivity index (χ4v) is 5.04. The number of aromatic hydroxyl groups is 1. The highest BCUT2D eigenvalue weighted by atomic mass is 17.3. The molecule has 0 spiro atoms. The molecule has 6 nitrogen and oxygen atoms in total. The molecule has 2 saturated heterocycles. The van der Waals surface area contributed by atoms with Gasteiger partial charge in [0, 0.05) is 27.5 Å². The predicted octanol–water partition coefficient (Wildman–Crippen LogP) is 4.57. The van der Waals surface area contributed by atoms with Gasteiger partial charge in [0.1, 0.15) is 11.5 Å². The highest BCUT2D eigenvalue weighted by Crippen LogP contribution is 2.69. The Morgan fingerprint density at radius 1 is 1.03 bits per heavy atom. The minimum atomic E-state index is -1.12. The molecule has 4 rings (SSSR count). The molecule has 2 heterocycles. The number of rotatable bonds is 3. The number of phenolic OH excluding ortho intramolecular Hbond substituents is 1. The summed E-state index contributed by atoms with van der Waals surface area (Å²) in [5, 5.41) is 23.8. The van der Waals surface area contributed by atoms with Crippen molar-refractivity contribution in [1.82, 2.24) is 0 Å². The van der Waals surface area contributed by atoms with Crippen LogP contribution in [0.4, 0.5) is 0 Å². The van der Waals surface area contributed by atoms with E-state index in [0.29, 0.717) is 23.3 Å². The second-order valence-corrected chi connectivity index (χ2v) is 9.43. The van der Waals surface area contributed by atoms with Crippen molar-refractivity contribution in [3.63, 3.8) is 0 Å². The Balaban J connectivity index is 1.80. The molecule has 0 bridgehead atoms. The topological polar surface area (TPSA) is 80.5 Å². The normalized spacial score (nSPS) is 28.7. The van der Waals surface area contributed by atoms with Crippen molar-refractivity contribution in [3.05, 3.63) is 65.2 Å². The average Bonchev–Trinajstić information content (AvgIpc) is 2.79. The average molecular weight is 397 g/mol. The lowest BCUT2D eigenvalue weighted by atomic mass is 9.57. The summed E-state index contributed by atoms with van der Waals surface area (Å²) in [5.41, 5.74) is 0.734. The van der Waals surface area contributed by atoms with Crippen LogP contribution in [0.3, 0.4) is 0 Å². The lowest BCUT2D eigenvalue weighted by molar-refractivity contribution is -0.626. The number of benzene rings is 2.